The molecule has 0 N–H and O–H groups in total. The molecule has 0 radical (unpaired) electrons. The van der Waals surface area contributed by atoms with E-state index in [0.717, 1.165) is 68.5 Å². The van der Waals surface area contributed by atoms with Crippen molar-refractivity contribution in [3.63, 3.8) is 0 Å². The molecule has 0 atom stereocenters. The lowest BCUT2D eigenvalue weighted by Gasteiger charge is -2.33. The number of fused-ring (bicyclic) bond motifs is 1. The standard InChI is InChI=1S/C26H33N3O3S/c1-2-20-6-8-24(9-7-20)29(19-21-4-3-5-21)33(30,31)25-10-11-26-23(16-25)17-27-28(26)18-22-12-14-32-15-13-22/h6-11,16-17,21-22H,2-5,12-15,18-19H2,1H3. The van der Waals surface area contributed by atoms with Gasteiger partial charge < -0.3 is 4.74 Å². The molecule has 3 aromatic rings. The Kier molecular flexibility index (Phi) is 6.43. The molecular weight excluding hydrogens is 434 g/mol. The highest BCUT2D eigenvalue weighted by Crippen LogP contribution is 2.33. The van der Waals surface area contributed by atoms with E-state index in [1.54, 1.807) is 22.6 Å². The third-order valence-corrected chi connectivity index (χ3v) is 9.04. The molecule has 0 amide bonds. The summed E-state index contributed by atoms with van der Waals surface area (Å²) in [4.78, 5) is 0.333. The number of benzene rings is 2. The first kappa shape index (κ1) is 22.4. The Morgan fingerprint density at radius 3 is 2.45 bits per heavy atom. The van der Waals surface area contributed by atoms with E-state index in [4.69, 9.17) is 4.74 Å². The minimum absolute atomic E-state index is 0.333. The SMILES string of the molecule is CCc1ccc(N(CC2CCC2)S(=O)(=O)c2ccc3c(cnn3CC3CCOCC3)c2)cc1. The zero-order valence-electron chi connectivity index (χ0n) is 19.3. The molecule has 2 aromatic carbocycles. The van der Waals surface area contributed by atoms with Gasteiger partial charge in [-0.15, -0.1) is 0 Å². The number of hydrogen-bond donors (Lipinski definition) is 0. The van der Waals surface area contributed by atoms with E-state index in [1.165, 1.54) is 12.0 Å². The van der Waals surface area contributed by atoms with Gasteiger partial charge in [-0.2, -0.15) is 5.10 Å². The Labute approximate surface area is 196 Å². The third kappa shape index (κ3) is 4.66. The summed E-state index contributed by atoms with van der Waals surface area (Å²) in [6, 6.07) is 13.4. The Balaban J connectivity index is 1.44. The third-order valence-electron chi connectivity index (χ3n) is 7.25. The zero-order chi connectivity index (χ0) is 22.8. The molecule has 1 aliphatic carbocycles. The van der Waals surface area contributed by atoms with Gasteiger partial charge in [-0.25, -0.2) is 8.42 Å². The van der Waals surface area contributed by atoms with Crippen LogP contribution in [-0.4, -0.2) is 38.0 Å². The molecule has 0 unspecified atom stereocenters. The van der Waals surface area contributed by atoms with E-state index in [0.29, 0.717) is 23.3 Å². The average Bonchev–Trinajstić information content (AvgIpc) is 3.21. The lowest BCUT2D eigenvalue weighted by molar-refractivity contribution is 0.0605. The van der Waals surface area contributed by atoms with Crippen LogP contribution in [-0.2, 0) is 27.7 Å². The van der Waals surface area contributed by atoms with Crippen LogP contribution in [0.2, 0.25) is 0 Å². The monoisotopic (exact) mass is 467 g/mol. The van der Waals surface area contributed by atoms with Gasteiger partial charge in [0.25, 0.3) is 10.0 Å². The minimum Gasteiger partial charge on any atom is -0.381 e. The van der Waals surface area contributed by atoms with Crippen molar-refractivity contribution in [1.82, 2.24) is 9.78 Å². The highest BCUT2D eigenvalue weighted by Gasteiger charge is 2.30. The maximum absolute atomic E-state index is 13.8. The molecule has 1 aliphatic heterocycles. The molecule has 7 heteroatoms. The maximum atomic E-state index is 13.8. The summed E-state index contributed by atoms with van der Waals surface area (Å²) in [7, 11) is -3.67. The molecule has 33 heavy (non-hydrogen) atoms. The van der Waals surface area contributed by atoms with Crippen LogP contribution in [0.5, 0.6) is 0 Å². The molecule has 6 nitrogen and oxygen atoms in total. The lowest BCUT2D eigenvalue weighted by atomic mass is 9.85. The molecule has 2 aliphatic rings. The summed E-state index contributed by atoms with van der Waals surface area (Å²) in [5, 5.41) is 5.44. The van der Waals surface area contributed by atoms with Crippen molar-refractivity contribution in [2.24, 2.45) is 11.8 Å². The van der Waals surface area contributed by atoms with Gasteiger partial charge in [0.2, 0.25) is 0 Å². The number of ether oxygens (including phenoxy) is 1. The molecule has 5 rings (SSSR count). The van der Waals surface area contributed by atoms with Gasteiger partial charge in [-0.05, 0) is 79.8 Å². The van der Waals surface area contributed by atoms with E-state index < -0.39 is 10.0 Å². The average molecular weight is 468 g/mol. The van der Waals surface area contributed by atoms with Gasteiger partial charge >= 0.3 is 0 Å². The Morgan fingerprint density at radius 1 is 1.03 bits per heavy atom. The van der Waals surface area contributed by atoms with E-state index in [9.17, 15) is 8.42 Å². The van der Waals surface area contributed by atoms with E-state index in [2.05, 4.69) is 12.0 Å². The molecule has 0 spiro atoms. The largest absolute Gasteiger partial charge is 0.381 e. The van der Waals surface area contributed by atoms with Crippen molar-refractivity contribution in [2.75, 3.05) is 24.1 Å². The second-order valence-electron chi connectivity index (χ2n) is 9.46. The van der Waals surface area contributed by atoms with Crippen molar-refractivity contribution < 1.29 is 13.2 Å². The summed E-state index contributed by atoms with van der Waals surface area (Å²) < 4.78 is 36.7. The summed E-state index contributed by atoms with van der Waals surface area (Å²) >= 11 is 0. The van der Waals surface area contributed by atoms with Gasteiger partial charge in [-0.1, -0.05) is 25.5 Å². The maximum Gasteiger partial charge on any atom is 0.264 e. The molecule has 1 saturated carbocycles. The fourth-order valence-electron chi connectivity index (χ4n) is 4.82. The van der Waals surface area contributed by atoms with Gasteiger partial charge in [0.05, 0.1) is 22.3 Å². The van der Waals surface area contributed by atoms with Gasteiger partial charge in [0.1, 0.15) is 0 Å². The second kappa shape index (κ2) is 9.47. The molecule has 2 heterocycles. The van der Waals surface area contributed by atoms with E-state index in [1.807, 2.05) is 35.0 Å². The van der Waals surface area contributed by atoms with Crippen molar-refractivity contribution in [3.05, 3.63) is 54.2 Å². The Hall–Kier alpha value is -2.38. The molecule has 1 aromatic heterocycles. The zero-order valence-corrected chi connectivity index (χ0v) is 20.1. The highest BCUT2D eigenvalue weighted by atomic mass is 32.2. The normalized spacial score (nSPS) is 17.8. The van der Waals surface area contributed by atoms with Crippen LogP contribution in [0, 0.1) is 11.8 Å². The van der Waals surface area contributed by atoms with Crippen LogP contribution in [0.25, 0.3) is 10.9 Å². The number of aromatic nitrogens is 2. The number of sulfonamides is 1. The van der Waals surface area contributed by atoms with E-state index in [-0.39, 0.29) is 0 Å². The van der Waals surface area contributed by atoms with Crippen LogP contribution in [0.15, 0.2) is 53.6 Å². The van der Waals surface area contributed by atoms with Crippen molar-refractivity contribution in [1.29, 1.82) is 0 Å². The van der Waals surface area contributed by atoms with Crippen molar-refractivity contribution in [2.45, 2.75) is 56.9 Å². The Bertz CT molecular complexity index is 1190. The topological polar surface area (TPSA) is 64.4 Å². The first-order valence-corrected chi connectivity index (χ1v) is 13.6. The molecular formula is C26H33N3O3S. The smallest absolute Gasteiger partial charge is 0.264 e. The van der Waals surface area contributed by atoms with E-state index >= 15 is 0 Å². The predicted molar refractivity (Wildman–Crippen MR) is 131 cm³/mol. The number of nitrogens with zero attached hydrogens (tertiary/aromatic N) is 3. The molecule has 2 fully saturated rings. The van der Waals surface area contributed by atoms with Gasteiger partial charge in [0.15, 0.2) is 0 Å². The quantitative estimate of drug-likeness (QED) is 0.467. The molecule has 1 saturated heterocycles. The predicted octanol–water partition coefficient (Wildman–Crippen LogP) is 5.02. The van der Waals surface area contributed by atoms with Crippen molar-refractivity contribution in [3.8, 4) is 0 Å². The number of hydrogen-bond acceptors (Lipinski definition) is 4. The van der Waals surface area contributed by atoms with Gasteiger partial charge in [-0.3, -0.25) is 8.99 Å². The second-order valence-corrected chi connectivity index (χ2v) is 11.3. The van der Waals surface area contributed by atoms with Crippen LogP contribution < -0.4 is 4.31 Å². The van der Waals surface area contributed by atoms with Crippen LogP contribution in [0.1, 0.15) is 44.6 Å². The number of anilines is 1. The van der Waals surface area contributed by atoms with Crippen molar-refractivity contribution >= 4 is 26.6 Å². The summed E-state index contributed by atoms with van der Waals surface area (Å²) in [6.45, 7) is 5.10. The highest BCUT2D eigenvalue weighted by molar-refractivity contribution is 7.92. The van der Waals surface area contributed by atoms with Crippen LogP contribution in [0.3, 0.4) is 0 Å². The molecule has 176 valence electrons. The minimum atomic E-state index is -3.67. The summed E-state index contributed by atoms with van der Waals surface area (Å²) in [6.07, 6.45) is 8.19. The summed E-state index contributed by atoms with van der Waals surface area (Å²) in [5.41, 5.74) is 2.94. The van der Waals surface area contributed by atoms with Crippen LogP contribution >= 0.6 is 0 Å². The lowest BCUT2D eigenvalue weighted by Crippen LogP contribution is -2.37. The fraction of sp³-hybridized carbons (Fsp3) is 0.500. The Morgan fingerprint density at radius 2 is 1.79 bits per heavy atom. The van der Waals surface area contributed by atoms with Gasteiger partial charge in [0, 0.05) is 31.7 Å². The first-order valence-electron chi connectivity index (χ1n) is 12.2. The first-order chi connectivity index (χ1) is 16.0. The summed E-state index contributed by atoms with van der Waals surface area (Å²) in [5.74, 6) is 0.978. The number of rotatable bonds is 8. The van der Waals surface area contributed by atoms with Crippen LogP contribution in [0.4, 0.5) is 5.69 Å². The fourth-order valence-corrected chi connectivity index (χ4v) is 6.40. The number of aryl methyl sites for hydroxylation is 1. The molecule has 0 bridgehead atoms.